The number of nitrogens with zero attached hydrogens (tertiary/aromatic N) is 3. The van der Waals surface area contributed by atoms with Gasteiger partial charge in [0.05, 0.1) is 17.7 Å². The highest BCUT2D eigenvalue weighted by atomic mass is 35.5. The number of hydrogen-bond donors (Lipinski definition) is 1. The molecule has 1 atom stereocenters. The highest BCUT2D eigenvalue weighted by molar-refractivity contribution is 6.30. The third kappa shape index (κ3) is 2.14. The van der Waals surface area contributed by atoms with Crippen LogP contribution in [0.2, 0.25) is 5.02 Å². The van der Waals surface area contributed by atoms with E-state index in [0.29, 0.717) is 0 Å². The van der Waals surface area contributed by atoms with E-state index in [1.165, 1.54) is 18.2 Å². The van der Waals surface area contributed by atoms with Crippen LogP contribution in [0.15, 0.2) is 23.3 Å². The van der Waals surface area contributed by atoms with Crippen molar-refractivity contribution >= 4 is 11.6 Å². The van der Waals surface area contributed by atoms with Crippen molar-refractivity contribution < 1.29 is 9.50 Å². The summed E-state index contributed by atoms with van der Waals surface area (Å²) in [6, 6.07) is 3.39. The molecule has 0 spiro atoms. The summed E-state index contributed by atoms with van der Waals surface area (Å²) in [7, 11) is 0. The fourth-order valence-corrected chi connectivity index (χ4v) is 1.22. The lowest BCUT2D eigenvalue weighted by atomic mass is 10.1. The highest BCUT2D eigenvalue weighted by Gasteiger charge is 2.14. The first-order chi connectivity index (χ1) is 6.70. The van der Waals surface area contributed by atoms with Crippen LogP contribution in [-0.4, -0.2) is 11.7 Å². The molecule has 1 rings (SSSR count). The minimum absolute atomic E-state index is 0.0610. The smallest absolute Gasteiger partial charge is 0.145 e. The topological polar surface area (TPSA) is 69.0 Å². The molecule has 1 N–H and O–H groups in total. The van der Waals surface area contributed by atoms with Crippen LogP contribution in [0.25, 0.3) is 10.4 Å². The number of hydrogen-bond acceptors (Lipinski definition) is 2. The molecule has 6 heteroatoms. The molecule has 1 aromatic rings. The van der Waals surface area contributed by atoms with Crippen molar-refractivity contribution in [3.63, 3.8) is 0 Å². The van der Waals surface area contributed by atoms with Gasteiger partial charge in [-0.15, -0.1) is 0 Å². The molecule has 0 bridgehead atoms. The maximum absolute atomic E-state index is 13.3. The fraction of sp³-hybridized carbons (Fsp3) is 0.250. The molecule has 0 fully saturated rings. The van der Waals surface area contributed by atoms with E-state index in [9.17, 15) is 4.39 Å². The zero-order valence-corrected chi connectivity index (χ0v) is 7.82. The van der Waals surface area contributed by atoms with Crippen LogP contribution in [0.5, 0.6) is 0 Å². The molecule has 0 aliphatic rings. The van der Waals surface area contributed by atoms with Gasteiger partial charge in [0.15, 0.2) is 0 Å². The maximum Gasteiger partial charge on any atom is 0.145 e. The van der Waals surface area contributed by atoms with Crippen molar-refractivity contribution in [2.24, 2.45) is 5.11 Å². The van der Waals surface area contributed by atoms with Crippen molar-refractivity contribution in [2.75, 3.05) is 6.61 Å². The number of aliphatic hydroxyl groups is 1. The monoisotopic (exact) mass is 215 g/mol. The molecular weight excluding hydrogens is 209 g/mol. The van der Waals surface area contributed by atoms with E-state index < -0.39 is 18.5 Å². The van der Waals surface area contributed by atoms with Crippen LogP contribution in [0, 0.1) is 5.82 Å². The molecule has 14 heavy (non-hydrogen) atoms. The van der Waals surface area contributed by atoms with Gasteiger partial charge in [-0.1, -0.05) is 28.8 Å². The normalized spacial score (nSPS) is 11.9. The van der Waals surface area contributed by atoms with Gasteiger partial charge in [0.25, 0.3) is 0 Å². The van der Waals surface area contributed by atoms with Crippen molar-refractivity contribution in [1.82, 2.24) is 0 Å². The van der Waals surface area contributed by atoms with Crippen LogP contribution in [0.1, 0.15) is 11.6 Å². The standard InChI is InChI=1S/C8H7ClFN3O/c9-6-3-1-2-5(8(6)10)7(4-14)12-13-11/h1-3,7,14H,4H2. The second-order valence-corrected chi connectivity index (χ2v) is 2.95. The first-order valence-corrected chi connectivity index (χ1v) is 4.17. The third-order valence-electron chi connectivity index (χ3n) is 1.70. The Morgan fingerprint density at radius 1 is 1.64 bits per heavy atom. The summed E-state index contributed by atoms with van der Waals surface area (Å²) in [6.45, 7) is -0.457. The Morgan fingerprint density at radius 3 is 2.93 bits per heavy atom. The summed E-state index contributed by atoms with van der Waals surface area (Å²) in [5.41, 5.74) is 8.28. The van der Waals surface area contributed by atoms with E-state index in [4.69, 9.17) is 22.2 Å². The molecule has 0 aromatic heterocycles. The van der Waals surface area contributed by atoms with Gasteiger partial charge < -0.3 is 5.11 Å². The zero-order valence-electron chi connectivity index (χ0n) is 7.06. The van der Waals surface area contributed by atoms with Gasteiger partial charge in [-0.05, 0) is 11.6 Å². The lowest BCUT2D eigenvalue weighted by Crippen LogP contribution is -2.03. The second kappa shape index (κ2) is 4.81. The Morgan fingerprint density at radius 2 is 2.36 bits per heavy atom. The lowest BCUT2D eigenvalue weighted by molar-refractivity contribution is 0.265. The molecule has 74 valence electrons. The Kier molecular flexibility index (Phi) is 3.71. The third-order valence-corrected chi connectivity index (χ3v) is 2.00. The number of rotatable bonds is 3. The van der Waals surface area contributed by atoms with Crippen LogP contribution < -0.4 is 0 Å². The molecule has 1 aromatic carbocycles. The molecule has 1 unspecified atom stereocenters. The predicted octanol–water partition coefficient (Wildman–Crippen LogP) is 2.82. The molecule has 0 amide bonds. The van der Waals surface area contributed by atoms with Gasteiger partial charge in [0.2, 0.25) is 0 Å². The summed E-state index contributed by atoms with van der Waals surface area (Å²) in [5.74, 6) is -0.666. The summed E-state index contributed by atoms with van der Waals surface area (Å²) in [6.07, 6.45) is 0. The van der Waals surface area contributed by atoms with E-state index >= 15 is 0 Å². The summed E-state index contributed by atoms with van der Waals surface area (Å²) in [5, 5.41) is 12.0. The predicted molar refractivity (Wildman–Crippen MR) is 50.4 cm³/mol. The fourth-order valence-electron chi connectivity index (χ4n) is 1.04. The van der Waals surface area contributed by atoms with Gasteiger partial charge in [-0.3, -0.25) is 0 Å². The first kappa shape index (κ1) is 10.8. The molecule has 0 aliphatic carbocycles. The lowest BCUT2D eigenvalue weighted by Gasteiger charge is -2.09. The molecular formula is C8H7ClFN3O. The zero-order chi connectivity index (χ0) is 10.6. The van der Waals surface area contributed by atoms with E-state index in [1.807, 2.05) is 0 Å². The van der Waals surface area contributed by atoms with Crippen LogP contribution >= 0.6 is 11.6 Å². The van der Waals surface area contributed by atoms with Crippen molar-refractivity contribution in [3.05, 3.63) is 45.0 Å². The van der Waals surface area contributed by atoms with Gasteiger partial charge >= 0.3 is 0 Å². The molecule has 0 heterocycles. The molecule has 4 nitrogen and oxygen atoms in total. The summed E-state index contributed by atoms with van der Waals surface area (Å²) in [4.78, 5) is 2.51. The minimum atomic E-state index is -0.932. The van der Waals surface area contributed by atoms with Crippen LogP contribution in [0.4, 0.5) is 4.39 Å². The Hall–Kier alpha value is -1.29. The second-order valence-electron chi connectivity index (χ2n) is 2.55. The number of halogens is 2. The summed E-state index contributed by atoms with van der Waals surface area (Å²) < 4.78 is 13.3. The van der Waals surface area contributed by atoms with Crippen LogP contribution in [-0.2, 0) is 0 Å². The Labute approximate surface area is 84.6 Å². The number of azide groups is 1. The molecule has 0 saturated heterocycles. The van der Waals surface area contributed by atoms with Crippen LogP contribution in [0.3, 0.4) is 0 Å². The van der Waals surface area contributed by atoms with Gasteiger partial charge in [0, 0.05) is 10.5 Å². The van der Waals surface area contributed by atoms with Crippen molar-refractivity contribution in [3.8, 4) is 0 Å². The molecule has 0 saturated carbocycles. The maximum atomic E-state index is 13.3. The van der Waals surface area contributed by atoms with Gasteiger partial charge in [-0.25, -0.2) is 4.39 Å². The van der Waals surface area contributed by atoms with E-state index in [0.717, 1.165) is 0 Å². The summed E-state index contributed by atoms with van der Waals surface area (Å²) >= 11 is 5.52. The van der Waals surface area contributed by atoms with E-state index in [2.05, 4.69) is 10.0 Å². The average molecular weight is 216 g/mol. The first-order valence-electron chi connectivity index (χ1n) is 3.79. The minimum Gasteiger partial charge on any atom is -0.396 e. The van der Waals surface area contributed by atoms with Gasteiger partial charge in [-0.2, -0.15) is 0 Å². The molecule has 0 aliphatic heterocycles. The van der Waals surface area contributed by atoms with Crippen molar-refractivity contribution in [2.45, 2.75) is 6.04 Å². The largest absolute Gasteiger partial charge is 0.396 e. The van der Waals surface area contributed by atoms with E-state index in [-0.39, 0.29) is 10.6 Å². The Bertz CT molecular complexity index is 379. The van der Waals surface area contributed by atoms with E-state index in [1.54, 1.807) is 0 Å². The number of benzene rings is 1. The highest BCUT2D eigenvalue weighted by Crippen LogP contribution is 2.25. The van der Waals surface area contributed by atoms with Crippen molar-refractivity contribution in [1.29, 1.82) is 0 Å². The average Bonchev–Trinajstić information content (AvgIpc) is 2.19. The molecule has 0 radical (unpaired) electrons. The SMILES string of the molecule is [N-]=[N+]=NC(CO)c1cccc(Cl)c1F. The number of aliphatic hydroxyl groups excluding tert-OH is 1. The Balaban J connectivity index is 3.16. The van der Waals surface area contributed by atoms with Gasteiger partial charge in [0.1, 0.15) is 5.82 Å². The quantitative estimate of drug-likeness (QED) is 0.470.